The smallest absolute Gasteiger partial charge is 0.329 e. The van der Waals surface area contributed by atoms with Crippen LogP contribution < -0.4 is 4.74 Å². The lowest BCUT2D eigenvalue weighted by molar-refractivity contribution is -0.144. The largest absolute Gasteiger partial charge is 0.484 e. The number of carbonyl (C=O) groups is 2. The number of ether oxygens (including phenoxy) is 2. The minimum atomic E-state index is -0.926. The van der Waals surface area contributed by atoms with Crippen molar-refractivity contribution in [2.24, 2.45) is 4.99 Å². The number of carbonyl (C=O) groups excluding carboxylic acids is 1. The number of likely N-dealkylation sites (N-methyl/N-ethyl adjacent to an activating group) is 1. The average molecular weight is 604 g/mol. The number of carboxylic acids is 1. The summed E-state index contributed by atoms with van der Waals surface area (Å²) >= 11 is 2.85. The van der Waals surface area contributed by atoms with Crippen molar-refractivity contribution in [1.82, 2.24) is 9.88 Å². The third-order valence-electron chi connectivity index (χ3n) is 7.19. The van der Waals surface area contributed by atoms with E-state index >= 15 is 0 Å². The van der Waals surface area contributed by atoms with Gasteiger partial charge in [0.2, 0.25) is 0 Å². The molecule has 0 fully saturated rings. The molecule has 1 aromatic heterocycles. The van der Waals surface area contributed by atoms with Crippen LogP contribution in [0.15, 0.2) is 71.7 Å². The van der Waals surface area contributed by atoms with Gasteiger partial charge in [-0.2, -0.15) is 0 Å². The van der Waals surface area contributed by atoms with Gasteiger partial charge in [-0.15, -0.1) is 23.1 Å². The zero-order valence-corrected chi connectivity index (χ0v) is 25.6. The molecule has 1 N–H and O–H groups in total. The van der Waals surface area contributed by atoms with Crippen LogP contribution in [0.2, 0.25) is 0 Å². The second-order valence-electron chi connectivity index (χ2n) is 10.5. The van der Waals surface area contributed by atoms with Crippen LogP contribution in [0.1, 0.15) is 40.3 Å². The number of thioether (sulfide) groups is 1. The molecule has 3 aromatic carbocycles. The zero-order valence-electron chi connectivity index (χ0n) is 23.9. The Bertz CT molecular complexity index is 1620. The van der Waals surface area contributed by atoms with Crippen molar-refractivity contribution >= 4 is 50.3 Å². The van der Waals surface area contributed by atoms with Gasteiger partial charge in [0.05, 0.1) is 16.6 Å². The summed E-state index contributed by atoms with van der Waals surface area (Å²) in [5, 5.41) is 10.6. The van der Waals surface area contributed by atoms with E-state index in [9.17, 15) is 14.7 Å². The fourth-order valence-electron chi connectivity index (χ4n) is 4.60. The molecule has 218 valence electrons. The van der Waals surface area contributed by atoms with Crippen molar-refractivity contribution in [3.63, 3.8) is 0 Å². The van der Waals surface area contributed by atoms with Gasteiger partial charge in [0.15, 0.2) is 6.04 Å². The predicted molar refractivity (Wildman–Crippen MR) is 168 cm³/mol. The van der Waals surface area contributed by atoms with Gasteiger partial charge in [0.1, 0.15) is 28.5 Å². The highest BCUT2D eigenvalue weighted by atomic mass is 32.2. The molecule has 3 atom stereocenters. The summed E-state index contributed by atoms with van der Waals surface area (Å²) in [5.41, 5.74) is 4.60. The highest BCUT2D eigenvalue weighted by Gasteiger charge is 2.27. The maximum Gasteiger partial charge on any atom is 0.329 e. The van der Waals surface area contributed by atoms with Crippen molar-refractivity contribution in [3.8, 4) is 5.75 Å². The highest BCUT2D eigenvalue weighted by Crippen LogP contribution is 2.31. The lowest BCUT2D eigenvalue weighted by Gasteiger charge is -2.30. The van der Waals surface area contributed by atoms with Crippen LogP contribution in [-0.4, -0.2) is 63.9 Å². The summed E-state index contributed by atoms with van der Waals surface area (Å²) in [4.78, 5) is 34.9. The van der Waals surface area contributed by atoms with Gasteiger partial charge >= 0.3 is 11.9 Å². The number of aromatic nitrogens is 1. The van der Waals surface area contributed by atoms with Crippen LogP contribution in [0.25, 0.3) is 10.2 Å². The van der Waals surface area contributed by atoms with Gasteiger partial charge in [0.25, 0.3) is 0 Å². The Morgan fingerprint density at radius 1 is 1.07 bits per heavy atom. The molecular weight excluding hydrogens is 571 g/mol. The number of aliphatic imine (C=N–C) groups is 1. The van der Waals surface area contributed by atoms with Crippen LogP contribution in [0, 0.1) is 6.92 Å². The van der Waals surface area contributed by atoms with E-state index in [1.54, 1.807) is 0 Å². The first kappa shape index (κ1) is 29.8. The molecule has 0 aliphatic carbocycles. The molecule has 2 unspecified atom stereocenters. The van der Waals surface area contributed by atoms with Crippen LogP contribution in [0.3, 0.4) is 0 Å². The van der Waals surface area contributed by atoms with E-state index < -0.39 is 12.0 Å². The van der Waals surface area contributed by atoms with Gasteiger partial charge in [0, 0.05) is 11.8 Å². The van der Waals surface area contributed by atoms with E-state index in [4.69, 9.17) is 9.47 Å². The van der Waals surface area contributed by atoms with Crippen LogP contribution in [-0.2, 0) is 27.4 Å². The Labute approximate surface area is 253 Å². The molecule has 0 saturated heterocycles. The summed E-state index contributed by atoms with van der Waals surface area (Å²) in [6.07, 6.45) is 0.00325. The average Bonchev–Trinajstić information content (AvgIpc) is 3.63. The summed E-state index contributed by atoms with van der Waals surface area (Å²) in [7, 11) is 4.09. The number of aliphatic carboxylic acids is 1. The predicted octanol–water partition coefficient (Wildman–Crippen LogP) is 5.91. The topological polar surface area (TPSA) is 101 Å². The maximum atomic E-state index is 12.7. The molecule has 42 heavy (non-hydrogen) atoms. The SMILES string of the molecule is Cc1cc(COC(=O)Cc2ccc3nc(C4=N[C@@H](C(=O)O)CS4)sc3c2)ccc1OC(c1ccccc1)C(C)N(C)C. The summed E-state index contributed by atoms with van der Waals surface area (Å²) in [5.74, 6) is -0.0341. The molecule has 5 rings (SSSR count). The molecule has 1 aliphatic rings. The number of fused-ring (bicyclic) bond motifs is 1. The molecule has 0 radical (unpaired) electrons. The van der Waals surface area contributed by atoms with Crippen molar-refractivity contribution in [2.45, 2.75) is 45.1 Å². The minimum absolute atomic E-state index is 0.137. The highest BCUT2D eigenvalue weighted by molar-refractivity contribution is 8.15. The Morgan fingerprint density at radius 3 is 2.52 bits per heavy atom. The van der Waals surface area contributed by atoms with Gasteiger partial charge in [-0.3, -0.25) is 9.79 Å². The minimum Gasteiger partial charge on any atom is -0.484 e. The first-order chi connectivity index (χ1) is 20.2. The van der Waals surface area contributed by atoms with Crippen LogP contribution in [0.4, 0.5) is 0 Å². The zero-order chi connectivity index (χ0) is 29.8. The second-order valence-corrected chi connectivity index (χ2v) is 12.6. The van der Waals surface area contributed by atoms with Crippen molar-refractivity contribution in [2.75, 3.05) is 19.8 Å². The van der Waals surface area contributed by atoms with E-state index in [-0.39, 0.29) is 31.1 Å². The third kappa shape index (κ3) is 7.00. The number of thiazole rings is 1. The molecule has 0 saturated carbocycles. The number of aryl methyl sites for hydroxylation is 1. The summed E-state index contributed by atoms with van der Waals surface area (Å²) in [6, 6.07) is 21.2. The molecule has 0 bridgehead atoms. The van der Waals surface area contributed by atoms with E-state index in [2.05, 4.69) is 33.9 Å². The number of hydrogen-bond donors (Lipinski definition) is 1. The number of nitrogens with zero attached hydrogens (tertiary/aromatic N) is 3. The first-order valence-electron chi connectivity index (χ1n) is 13.6. The summed E-state index contributed by atoms with van der Waals surface area (Å²) < 4.78 is 13.0. The molecule has 8 nitrogen and oxygen atoms in total. The second kappa shape index (κ2) is 13.1. The monoisotopic (exact) mass is 603 g/mol. The summed E-state index contributed by atoms with van der Waals surface area (Å²) in [6.45, 7) is 4.32. The van der Waals surface area contributed by atoms with Gasteiger partial charge < -0.3 is 19.5 Å². The van der Waals surface area contributed by atoms with E-state index in [0.29, 0.717) is 15.8 Å². The molecule has 4 aromatic rings. The lowest BCUT2D eigenvalue weighted by Crippen LogP contribution is -2.34. The number of rotatable bonds is 11. The van der Waals surface area contributed by atoms with Gasteiger partial charge in [-0.1, -0.05) is 42.5 Å². The number of esters is 1. The van der Waals surface area contributed by atoms with E-state index in [1.807, 2.05) is 75.6 Å². The molecular formula is C32H33N3O5S2. The van der Waals surface area contributed by atoms with Crippen molar-refractivity contribution < 1.29 is 24.2 Å². The number of carboxylic acid groups (broad SMARTS) is 1. The third-order valence-corrected chi connectivity index (χ3v) is 9.40. The van der Waals surface area contributed by atoms with E-state index in [1.165, 1.54) is 23.1 Å². The van der Waals surface area contributed by atoms with Gasteiger partial charge in [-0.25, -0.2) is 9.78 Å². The Kier molecular flexibility index (Phi) is 9.25. The van der Waals surface area contributed by atoms with Crippen molar-refractivity contribution in [3.05, 3.63) is 94.0 Å². The fraction of sp³-hybridized carbons (Fsp3) is 0.312. The van der Waals surface area contributed by atoms with Crippen LogP contribution >= 0.6 is 23.1 Å². The molecule has 0 spiro atoms. The molecule has 0 amide bonds. The quantitative estimate of drug-likeness (QED) is 0.211. The normalized spacial score (nSPS) is 16.3. The molecule has 2 heterocycles. The van der Waals surface area contributed by atoms with Gasteiger partial charge in [-0.05, 0) is 74.5 Å². The first-order valence-corrected chi connectivity index (χ1v) is 15.4. The number of benzene rings is 3. The maximum absolute atomic E-state index is 12.7. The van der Waals surface area contributed by atoms with E-state index in [0.717, 1.165) is 38.2 Å². The van der Waals surface area contributed by atoms with Crippen LogP contribution in [0.5, 0.6) is 5.75 Å². The Hall–Kier alpha value is -3.73. The lowest BCUT2D eigenvalue weighted by atomic mass is 10.0. The fourth-order valence-corrected chi connectivity index (χ4v) is 6.72. The Balaban J connectivity index is 1.20. The standard InChI is InChI=1S/C32H33N3O5S2/c1-19-14-22(11-13-26(19)40-29(20(2)35(3)4)23-8-6-5-7-9-23)17-39-28(36)16-21-10-12-24-27(15-21)42-31(33-24)30-34-25(18-41-30)32(37)38/h5-15,20,25,29H,16-18H2,1-4H3,(H,37,38)/t20?,25-,29?/m1/s1. The Morgan fingerprint density at radius 2 is 1.83 bits per heavy atom. The van der Waals surface area contributed by atoms with Crippen molar-refractivity contribution in [1.29, 1.82) is 0 Å². The molecule has 10 heteroatoms. The molecule has 1 aliphatic heterocycles. The number of hydrogen-bond acceptors (Lipinski definition) is 9.